The van der Waals surface area contributed by atoms with Crippen LogP contribution in [0.2, 0.25) is 0 Å². The van der Waals surface area contributed by atoms with Crippen molar-refractivity contribution in [1.82, 2.24) is 0 Å². The summed E-state index contributed by atoms with van der Waals surface area (Å²) in [6, 6.07) is 29.2. The molecule has 326 valence electrons. The van der Waals surface area contributed by atoms with Gasteiger partial charge in [-0.3, -0.25) is 0 Å². The van der Waals surface area contributed by atoms with Crippen molar-refractivity contribution in [2.45, 2.75) is 38.0 Å². The summed E-state index contributed by atoms with van der Waals surface area (Å²) in [5.41, 5.74) is 1.95. The lowest BCUT2D eigenvalue weighted by Crippen LogP contribution is -2.33. The number of carbonyl (C=O) groups excluding carboxylic acids is 3. The smallest absolute Gasteiger partial charge is 0.343 e. The molecule has 0 fully saturated rings. The highest BCUT2D eigenvalue weighted by Crippen LogP contribution is 2.45. The molecule has 0 amide bonds. The van der Waals surface area contributed by atoms with E-state index in [9.17, 15) is 55.2 Å². The molecule has 0 saturated heterocycles. The Morgan fingerprint density at radius 1 is 0.484 bits per heavy atom. The van der Waals surface area contributed by atoms with Crippen LogP contribution in [0.5, 0.6) is 57.5 Å². The van der Waals surface area contributed by atoms with Gasteiger partial charge in [-0.1, -0.05) is 75.4 Å². The molecule has 0 bridgehead atoms. The number of carbonyl (C=O) groups is 3. The maximum Gasteiger partial charge on any atom is 0.343 e. The molecule has 14 nitrogen and oxygen atoms in total. The molecule has 64 heavy (non-hydrogen) atoms. The molecule has 6 aromatic carbocycles. The summed E-state index contributed by atoms with van der Waals surface area (Å²) in [5, 5.41) is 78.4. The molecule has 0 aromatic heterocycles. The Bertz CT molecular complexity index is 2770. The van der Waals surface area contributed by atoms with Crippen LogP contribution >= 0.6 is 0 Å². The maximum absolute atomic E-state index is 12.9. The van der Waals surface area contributed by atoms with Crippen molar-refractivity contribution in [3.63, 3.8) is 0 Å². The minimum atomic E-state index is -0.880. The Hall–Kier alpha value is -8.39. The van der Waals surface area contributed by atoms with Crippen LogP contribution in [0.4, 0.5) is 0 Å². The molecule has 0 radical (unpaired) electrons. The Morgan fingerprint density at radius 2 is 0.844 bits per heavy atom. The second kappa shape index (κ2) is 17.2. The fraction of sp³-hybridized carbons (Fsp3) is 0.140. The van der Waals surface area contributed by atoms with Crippen LogP contribution < -0.4 is 9.47 Å². The van der Waals surface area contributed by atoms with Gasteiger partial charge in [0.15, 0.2) is 34.5 Å². The van der Waals surface area contributed by atoms with Gasteiger partial charge >= 0.3 is 17.9 Å². The van der Waals surface area contributed by atoms with Gasteiger partial charge in [-0.15, -0.1) is 0 Å². The number of ether oxygens (including phenoxy) is 3. The van der Waals surface area contributed by atoms with E-state index in [1.54, 1.807) is 36.4 Å². The molecular formula is C50H42O14. The summed E-state index contributed by atoms with van der Waals surface area (Å²) in [4.78, 5) is 38.6. The fourth-order valence-corrected chi connectivity index (χ4v) is 7.56. The molecule has 0 aliphatic heterocycles. The van der Waals surface area contributed by atoms with Crippen molar-refractivity contribution in [3.8, 4) is 57.5 Å². The van der Waals surface area contributed by atoms with Crippen molar-refractivity contribution < 1.29 is 69.4 Å². The molecule has 0 saturated carbocycles. The lowest BCUT2D eigenvalue weighted by molar-refractivity contribution is 0.0631. The summed E-state index contributed by atoms with van der Waals surface area (Å²) in [5.74, 6) is -6.84. The van der Waals surface area contributed by atoms with Crippen LogP contribution in [0.1, 0.15) is 80.5 Å². The number of esters is 3. The molecule has 14 heteroatoms. The summed E-state index contributed by atoms with van der Waals surface area (Å²) in [7, 11) is 0. The third kappa shape index (κ3) is 8.83. The summed E-state index contributed by atoms with van der Waals surface area (Å²) in [6.07, 6.45) is 5.81. The average molecular weight is 867 g/mol. The lowest BCUT2D eigenvalue weighted by atomic mass is 9.65. The van der Waals surface area contributed by atoms with E-state index in [0.29, 0.717) is 6.42 Å². The summed E-state index contributed by atoms with van der Waals surface area (Å²) < 4.78 is 16.6. The van der Waals surface area contributed by atoms with Gasteiger partial charge in [0.25, 0.3) is 0 Å². The van der Waals surface area contributed by atoms with Gasteiger partial charge in [-0.25, -0.2) is 14.4 Å². The Morgan fingerprint density at radius 3 is 1.25 bits per heavy atom. The van der Waals surface area contributed by atoms with Gasteiger partial charge in [0.1, 0.15) is 28.8 Å². The van der Waals surface area contributed by atoms with Crippen LogP contribution in [0, 0.1) is 5.92 Å². The van der Waals surface area contributed by atoms with Crippen LogP contribution in [-0.2, 0) is 15.6 Å². The maximum atomic E-state index is 12.9. The first-order valence-electron chi connectivity index (χ1n) is 19.7. The van der Waals surface area contributed by atoms with Crippen molar-refractivity contribution >= 4 is 17.9 Å². The Labute approximate surface area is 366 Å². The minimum absolute atomic E-state index is 0.0321. The predicted molar refractivity (Wildman–Crippen MR) is 231 cm³/mol. The van der Waals surface area contributed by atoms with Gasteiger partial charge in [-0.2, -0.15) is 0 Å². The van der Waals surface area contributed by atoms with Gasteiger partial charge in [0.2, 0.25) is 0 Å². The number of phenols is 8. The first-order chi connectivity index (χ1) is 30.3. The molecule has 6 aromatic rings. The van der Waals surface area contributed by atoms with Gasteiger partial charge < -0.3 is 55.1 Å². The fourth-order valence-electron chi connectivity index (χ4n) is 7.56. The monoisotopic (exact) mass is 866 g/mol. The molecule has 0 spiro atoms. The second-order valence-corrected chi connectivity index (χ2v) is 15.9. The van der Waals surface area contributed by atoms with Crippen molar-refractivity contribution in [2.75, 3.05) is 0 Å². The Balaban J connectivity index is 1.14. The van der Waals surface area contributed by atoms with E-state index in [2.05, 4.69) is 6.92 Å². The number of allylic oxidation sites excluding steroid dienone is 3. The van der Waals surface area contributed by atoms with Crippen LogP contribution in [0.3, 0.4) is 0 Å². The van der Waals surface area contributed by atoms with Crippen LogP contribution in [0.25, 0.3) is 0 Å². The average Bonchev–Trinajstić information content (AvgIpc) is 3.27. The highest BCUT2D eigenvalue weighted by Gasteiger charge is 2.38. The van der Waals surface area contributed by atoms with E-state index in [0.717, 1.165) is 52.6 Å². The topological polar surface area (TPSA) is 241 Å². The van der Waals surface area contributed by atoms with Gasteiger partial charge in [0, 0.05) is 16.9 Å². The SMILES string of the molecule is CC(C)(c1ccc(OC(=O)c2cc(O)c(O)c(O)c2)cc1)c1ccc(C(C)(c2ccc(OC(=O)c3cc(O)c(O)c(O)c3)cc2)C2C=CC(OC(=O)c3cc(O)cc(O)c3)=CC2)cc1. The minimum Gasteiger partial charge on any atom is -0.508 e. The second-order valence-electron chi connectivity index (χ2n) is 15.9. The largest absolute Gasteiger partial charge is 0.508 e. The first kappa shape index (κ1) is 43.7. The summed E-state index contributed by atoms with van der Waals surface area (Å²) >= 11 is 0. The molecule has 0 heterocycles. The van der Waals surface area contributed by atoms with Crippen LogP contribution in [-0.4, -0.2) is 58.8 Å². The van der Waals surface area contributed by atoms with Crippen molar-refractivity contribution in [1.29, 1.82) is 0 Å². The van der Waals surface area contributed by atoms with Crippen molar-refractivity contribution in [2.24, 2.45) is 5.92 Å². The van der Waals surface area contributed by atoms with E-state index in [4.69, 9.17) is 14.2 Å². The van der Waals surface area contributed by atoms with Gasteiger partial charge in [-0.05, 0) is 107 Å². The van der Waals surface area contributed by atoms with E-state index in [1.165, 1.54) is 12.1 Å². The molecule has 1 aliphatic carbocycles. The highest BCUT2D eigenvalue weighted by molar-refractivity contribution is 5.93. The van der Waals surface area contributed by atoms with E-state index >= 15 is 0 Å². The highest BCUT2D eigenvalue weighted by atomic mass is 16.5. The normalized spacial score (nSPS) is 14.5. The number of rotatable bonds is 11. The zero-order valence-corrected chi connectivity index (χ0v) is 34.5. The number of hydrogen-bond acceptors (Lipinski definition) is 14. The standard InChI is InChI=1S/C50H42O14/c1-49(2,31-8-14-37(15-9-31)63-47(60)28-22-40(53)44(57)41(54)23-28)30-4-6-32(7-5-30)50(3,33-10-16-38(17-11-33)62-46(59)27-20-35(51)26-36(52)21-27)34-12-18-39(19-13-34)64-48(61)29-24-42(55)45(58)43(56)25-29/h4-10,12-26,33,51-58H,11H2,1-3H3. The van der Waals surface area contributed by atoms with Crippen molar-refractivity contribution in [3.05, 3.63) is 178 Å². The zero-order chi connectivity index (χ0) is 46.1. The zero-order valence-electron chi connectivity index (χ0n) is 34.5. The molecule has 7 rings (SSSR count). The molecule has 1 aliphatic rings. The number of hydrogen-bond donors (Lipinski definition) is 8. The third-order valence-corrected chi connectivity index (χ3v) is 11.4. The molecule has 2 unspecified atom stereocenters. The lowest BCUT2D eigenvalue weighted by Gasteiger charge is -2.39. The Kier molecular flexibility index (Phi) is 11.7. The predicted octanol–water partition coefficient (Wildman–Crippen LogP) is 8.72. The number of benzene rings is 6. The molecular weight excluding hydrogens is 825 g/mol. The van der Waals surface area contributed by atoms with Crippen LogP contribution in [0.15, 0.2) is 139 Å². The van der Waals surface area contributed by atoms with E-state index in [1.807, 2.05) is 68.5 Å². The van der Waals surface area contributed by atoms with E-state index in [-0.39, 0.29) is 51.4 Å². The summed E-state index contributed by atoms with van der Waals surface area (Å²) in [6.45, 7) is 6.15. The molecule has 2 atom stereocenters. The quantitative estimate of drug-likeness (QED) is 0.0345. The third-order valence-electron chi connectivity index (χ3n) is 11.4. The van der Waals surface area contributed by atoms with E-state index < -0.39 is 63.2 Å². The number of phenolic OH excluding ortho intramolecular Hbond substituents is 8. The number of aromatic hydroxyl groups is 8. The van der Waals surface area contributed by atoms with Gasteiger partial charge in [0.05, 0.1) is 16.7 Å². The first-order valence-corrected chi connectivity index (χ1v) is 19.7. The molecule has 8 N–H and O–H groups in total.